The van der Waals surface area contributed by atoms with Crippen molar-refractivity contribution >= 4 is 44.7 Å². The van der Waals surface area contributed by atoms with Gasteiger partial charge in [0.15, 0.2) is 5.76 Å². The van der Waals surface area contributed by atoms with Gasteiger partial charge in [-0.15, -0.1) is 0 Å². The fraction of sp³-hybridized carbons (Fsp3) is 0.111. The van der Waals surface area contributed by atoms with Crippen molar-refractivity contribution in [3.05, 3.63) is 87.3 Å². The Bertz CT molecular complexity index is 1530. The number of ketones is 1. The van der Waals surface area contributed by atoms with Crippen LogP contribution in [0.2, 0.25) is 0 Å². The number of Topliss-reactive ketones (excluding diaryl/α,β-unsaturated/α-hetero) is 1. The standard InChI is InChI=1S/C27H19BrO7/c1-14-8-19(33-27(30)24-11-16-9-17(28)5-7-20(16)34-24)13-22-25(14)26(29)23(35-22)10-15-4-6-18(31-2)12-21(15)32-3/h4-13H,1-3H3/b23-10-. The molecule has 5 rings (SSSR count). The van der Waals surface area contributed by atoms with Gasteiger partial charge in [0.2, 0.25) is 11.5 Å². The predicted molar refractivity (Wildman–Crippen MR) is 133 cm³/mol. The van der Waals surface area contributed by atoms with E-state index in [1.807, 2.05) is 12.1 Å². The van der Waals surface area contributed by atoms with Crippen molar-refractivity contribution in [3.8, 4) is 23.0 Å². The van der Waals surface area contributed by atoms with E-state index in [0.717, 1.165) is 9.86 Å². The van der Waals surface area contributed by atoms with Gasteiger partial charge < -0.3 is 23.4 Å². The van der Waals surface area contributed by atoms with Crippen LogP contribution in [0.5, 0.6) is 23.0 Å². The van der Waals surface area contributed by atoms with E-state index < -0.39 is 5.97 Å². The minimum Gasteiger partial charge on any atom is -0.497 e. The molecule has 1 aromatic heterocycles. The van der Waals surface area contributed by atoms with Crippen LogP contribution in [-0.4, -0.2) is 26.0 Å². The lowest BCUT2D eigenvalue weighted by atomic mass is 10.0. The maximum atomic E-state index is 13.0. The van der Waals surface area contributed by atoms with E-state index in [1.54, 1.807) is 56.5 Å². The Hall–Kier alpha value is -4.04. The van der Waals surface area contributed by atoms with E-state index in [-0.39, 0.29) is 23.1 Å². The van der Waals surface area contributed by atoms with Gasteiger partial charge in [-0.3, -0.25) is 4.79 Å². The summed E-state index contributed by atoms with van der Waals surface area (Å²) in [6.45, 7) is 1.76. The zero-order chi connectivity index (χ0) is 24.7. The number of hydrogen-bond donors (Lipinski definition) is 0. The zero-order valence-electron chi connectivity index (χ0n) is 19.0. The molecule has 0 aliphatic carbocycles. The number of carbonyl (C=O) groups is 2. The highest BCUT2D eigenvalue weighted by atomic mass is 79.9. The van der Waals surface area contributed by atoms with Crippen LogP contribution in [0.3, 0.4) is 0 Å². The van der Waals surface area contributed by atoms with E-state index in [1.165, 1.54) is 13.2 Å². The number of esters is 1. The fourth-order valence-corrected chi connectivity index (χ4v) is 4.27. The average molecular weight is 535 g/mol. The number of methoxy groups -OCH3 is 2. The SMILES string of the molecule is COc1ccc(/C=C2\Oc3cc(OC(=O)c4cc5cc(Br)ccc5o4)cc(C)c3C2=O)c(OC)c1. The molecular weight excluding hydrogens is 516 g/mol. The van der Waals surface area contributed by atoms with Gasteiger partial charge in [-0.25, -0.2) is 4.79 Å². The summed E-state index contributed by atoms with van der Waals surface area (Å²) in [5.41, 5.74) is 2.26. The number of hydrogen-bond acceptors (Lipinski definition) is 7. The molecular formula is C27H19BrO7. The Morgan fingerprint density at radius 1 is 0.971 bits per heavy atom. The highest BCUT2D eigenvalue weighted by Gasteiger charge is 2.31. The number of allylic oxidation sites excluding steroid dienone is 1. The molecule has 0 bridgehead atoms. The van der Waals surface area contributed by atoms with E-state index >= 15 is 0 Å². The zero-order valence-corrected chi connectivity index (χ0v) is 20.6. The third-order valence-electron chi connectivity index (χ3n) is 5.56. The Morgan fingerprint density at radius 3 is 2.57 bits per heavy atom. The molecule has 2 heterocycles. The normalized spacial score (nSPS) is 13.6. The lowest BCUT2D eigenvalue weighted by Crippen LogP contribution is -2.07. The Kier molecular flexibility index (Phi) is 5.82. The van der Waals surface area contributed by atoms with Crippen molar-refractivity contribution in [2.24, 2.45) is 0 Å². The summed E-state index contributed by atoms with van der Waals surface area (Å²) in [6, 6.07) is 15.5. The number of ether oxygens (including phenoxy) is 4. The van der Waals surface area contributed by atoms with Crippen LogP contribution >= 0.6 is 15.9 Å². The quantitative estimate of drug-likeness (QED) is 0.167. The minimum absolute atomic E-state index is 0.0698. The van der Waals surface area contributed by atoms with Crippen LogP contribution in [0.1, 0.15) is 32.0 Å². The second-order valence-corrected chi connectivity index (χ2v) is 8.76. The molecule has 0 atom stereocenters. The van der Waals surface area contributed by atoms with E-state index in [2.05, 4.69) is 15.9 Å². The lowest BCUT2D eigenvalue weighted by molar-refractivity contribution is 0.0703. The summed E-state index contributed by atoms with van der Waals surface area (Å²) >= 11 is 3.40. The second kappa shape index (κ2) is 8.96. The molecule has 1 aliphatic heterocycles. The molecule has 1 aliphatic rings. The highest BCUT2D eigenvalue weighted by molar-refractivity contribution is 9.10. The minimum atomic E-state index is -0.653. The van der Waals surface area contributed by atoms with Crippen LogP contribution in [0.15, 0.2) is 69.2 Å². The summed E-state index contributed by atoms with van der Waals surface area (Å²) in [4.78, 5) is 25.7. The van der Waals surface area contributed by atoms with Crippen LogP contribution in [0.25, 0.3) is 17.0 Å². The molecule has 0 saturated heterocycles. The van der Waals surface area contributed by atoms with Gasteiger partial charge in [-0.1, -0.05) is 15.9 Å². The first-order valence-corrected chi connectivity index (χ1v) is 11.4. The molecule has 0 fully saturated rings. The van der Waals surface area contributed by atoms with Gasteiger partial charge in [-0.2, -0.15) is 0 Å². The summed E-state index contributed by atoms with van der Waals surface area (Å²) in [7, 11) is 3.10. The molecule has 8 heteroatoms. The van der Waals surface area contributed by atoms with Crippen LogP contribution in [-0.2, 0) is 0 Å². The maximum Gasteiger partial charge on any atom is 0.379 e. The van der Waals surface area contributed by atoms with E-state index in [4.69, 9.17) is 23.4 Å². The molecule has 0 N–H and O–H groups in total. The summed E-state index contributed by atoms with van der Waals surface area (Å²) in [5.74, 6) is 1.00. The monoisotopic (exact) mass is 534 g/mol. The van der Waals surface area contributed by atoms with Gasteiger partial charge in [-0.05, 0) is 61.0 Å². The summed E-state index contributed by atoms with van der Waals surface area (Å²) in [5, 5.41) is 0.772. The van der Waals surface area contributed by atoms with Crippen molar-refractivity contribution < 1.29 is 33.0 Å². The van der Waals surface area contributed by atoms with Crippen molar-refractivity contribution in [2.45, 2.75) is 6.92 Å². The van der Waals surface area contributed by atoms with E-state index in [9.17, 15) is 9.59 Å². The fourth-order valence-electron chi connectivity index (χ4n) is 3.89. The van der Waals surface area contributed by atoms with Gasteiger partial charge in [0.1, 0.15) is 28.6 Å². The third-order valence-corrected chi connectivity index (χ3v) is 6.05. The molecule has 0 saturated carbocycles. The molecule has 0 spiro atoms. The Balaban J connectivity index is 1.41. The Labute approximate surface area is 209 Å². The predicted octanol–water partition coefficient (Wildman–Crippen LogP) is 6.36. The molecule has 35 heavy (non-hydrogen) atoms. The average Bonchev–Trinajstić information content (AvgIpc) is 3.40. The Morgan fingerprint density at radius 2 is 1.80 bits per heavy atom. The summed E-state index contributed by atoms with van der Waals surface area (Å²) in [6.07, 6.45) is 1.61. The number of fused-ring (bicyclic) bond motifs is 2. The molecule has 0 unspecified atom stereocenters. The molecule has 0 amide bonds. The lowest BCUT2D eigenvalue weighted by Gasteiger charge is -2.08. The molecule has 7 nitrogen and oxygen atoms in total. The highest BCUT2D eigenvalue weighted by Crippen LogP contribution is 2.39. The molecule has 3 aromatic carbocycles. The number of rotatable bonds is 5. The third kappa shape index (κ3) is 4.28. The van der Waals surface area contributed by atoms with E-state index in [0.29, 0.717) is 39.5 Å². The summed E-state index contributed by atoms with van der Waals surface area (Å²) < 4.78 is 28.5. The first-order chi connectivity index (χ1) is 16.9. The largest absolute Gasteiger partial charge is 0.497 e. The van der Waals surface area contributed by atoms with Crippen molar-refractivity contribution in [1.29, 1.82) is 0 Å². The molecule has 0 radical (unpaired) electrons. The first-order valence-electron chi connectivity index (χ1n) is 10.6. The number of benzene rings is 3. The van der Waals surface area contributed by atoms with Gasteiger partial charge >= 0.3 is 5.97 Å². The van der Waals surface area contributed by atoms with Crippen molar-refractivity contribution in [2.75, 3.05) is 14.2 Å². The maximum absolute atomic E-state index is 13.0. The van der Waals surface area contributed by atoms with Crippen LogP contribution in [0.4, 0.5) is 0 Å². The molecule has 4 aromatic rings. The number of halogens is 1. The van der Waals surface area contributed by atoms with Crippen LogP contribution in [0, 0.1) is 6.92 Å². The number of furan rings is 1. The van der Waals surface area contributed by atoms with Crippen molar-refractivity contribution in [3.63, 3.8) is 0 Å². The van der Waals surface area contributed by atoms with Crippen LogP contribution < -0.4 is 18.9 Å². The second-order valence-electron chi connectivity index (χ2n) is 7.84. The number of carbonyl (C=O) groups excluding carboxylic acids is 2. The topological polar surface area (TPSA) is 84.2 Å². The number of aryl methyl sites for hydroxylation is 1. The van der Waals surface area contributed by atoms with Gasteiger partial charge in [0, 0.05) is 27.6 Å². The van der Waals surface area contributed by atoms with Gasteiger partial charge in [0.05, 0.1) is 19.8 Å². The molecule has 176 valence electrons. The van der Waals surface area contributed by atoms with Crippen molar-refractivity contribution in [1.82, 2.24) is 0 Å². The van der Waals surface area contributed by atoms with Gasteiger partial charge in [0.25, 0.3) is 0 Å². The first kappa shape index (κ1) is 22.7. The smallest absolute Gasteiger partial charge is 0.379 e.